The van der Waals surface area contributed by atoms with E-state index in [0.717, 1.165) is 64.0 Å². The minimum absolute atomic E-state index is 0.00736. The summed E-state index contributed by atoms with van der Waals surface area (Å²) >= 11 is 8.27. The highest BCUT2D eigenvalue weighted by Crippen LogP contribution is 2.38. The Labute approximate surface area is 246 Å². The molecule has 0 aliphatic heterocycles. The number of nitrogens with zero attached hydrogens (tertiary/aromatic N) is 3. The van der Waals surface area contributed by atoms with Gasteiger partial charge in [0.15, 0.2) is 0 Å². The van der Waals surface area contributed by atoms with Crippen LogP contribution < -0.4 is 15.4 Å². The highest BCUT2D eigenvalue weighted by atomic mass is 35.5. The van der Waals surface area contributed by atoms with Gasteiger partial charge in [-0.25, -0.2) is 4.98 Å². The average molecular weight is 579 g/mol. The Bertz CT molecular complexity index is 1410. The molecule has 1 saturated carbocycles. The van der Waals surface area contributed by atoms with Gasteiger partial charge in [-0.15, -0.1) is 11.3 Å². The number of hydrogen-bond donors (Lipinski definition) is 1. The maximum Gasteiger partial charge on any atom is 0.266 e. The Morgan fingerprint density at radius 1 is 1.05 bits per heavy atom. The molecule has 2 N–H and O–H groups in total. The lowest BCUT2D eigenvalue weighted by atomic mass is 9.93. The molecule has 2 aromatic carbocycles. The molecule has 0 unspecified atom stereocenters. The van der Waals surface area contributed by atoms with Gasteiger partial charge in [-0.3, -0.25) is 4.79 Å². The van der Waals surface area contributed by atoms with Crippen LogP contribution in [0.1, 0.15) is 54.3 Å². The van der Waals surface area contributed by atoms with Crippen LogP contribution in [0.3, 0.4) is 0 Å². The van der Waals surface area contributed by atoms with E-state index in [1.807, 2.05) is 73.4 Å². The molecule has 40 heavy (non-hydrogen) atoms. The summed E-state index contributed by atoms with van der Waals surface area (Å²) in [6.45, 7) is 3.02. The number of carbonyl (C=O) groups is 1. The Kier molecular flexibility index (Phi) is 10.4. The number of fused-ring (bicyclic) bond motifs is 1. The van der Waals surface area contributed by atoms with Gasteiger partial charge in [0, 0.05) is 54.1 Å². The predicted molar refractivity (Wildman–Crippen MR) is 169 cm³/mol. The Hall–Kier alpha value is -3.13. The van der Waals surface area contributed by atoms with Crippen LogP contribution in [0.15, 0.2) is 60.8 Å². The molecule has 0 atom stereocenters. The molecule has 0 radical (unpaired) electrons. The molecule has 1 aliphatic rings. The van der Waals surface area contributed by atoms with Gasteiger partial charge >= 0.3 is 0 Å². The van der Waals surface area contributed by atoms with Gasteiger partial charge in [0.1, 0.15) is 16.4 Å². The first-order chi connectivity index (χ1) is 19.5. The molecule has 2 heterocycles. The number of halogens is 1. The number of nitrogens with two attached hydrogens (primary N) is 1. The van der Waals surface area contributed by atoms with E-state index < -0.39 is 0 Å². The number of aromatic nitrogens is 1. The first kappa shape index (κ1) is 29.8. The van der Waals surface area contributed by atoms with Crippen molar-refractivity contribution in [1.29, 1.82) is 0 Å². The zero-order valence-corrected chi connectivity index (χ0v) is 25.4. The van der Waals surface area contributed by atoms with Gasteiger partial charge in [0.25, 0.3) is 5.91 Å². The fraction of sp³-hybridized carbons (Fsp3) is 0.375. The summed E-state index contributed by atoms with van der Waals surface area (Å²) in [5, 5.41) is 1.50. The number of rotatable bonds is 8. The molecule has 5 rings (SSSR count). The van der Waals surface area contributed by atoms with E-state index in [9.17, 15) is 4.79 Å². The van der Waals surface area contributed by atoms with Crippen LogP contribution in [-0.2, 0) is 6.54 Å². The Balaban J connectivity index is 0.00000181. The average Bonchev–Trinajstić information content (AvgIpc) is 3.34. The Morgan fingerprint density at radius 2 is 1.77 bits per heavy atom. The van der Waals surface area contributed by atoms with Gasteiger partial charge in [-0.1, -0.05) is 55.1 Å². The minimum Gasteiger partial charge on any atom is -0.494 e. The highest BCUT2D eigenvalue weighted by molar-refractivity contribution is 7.21. The highest BCUT2D eigenvalue weighted by Gasteiger charge is 2.30. The van der Waals surface area contributed by atoms with E-state index in [2.05, 4.69) is 28.9 Å². The summed E-state index contributed by atoms with van der Waals surface area (Å²) < 4.78 is 7.08. The molecule has 0 saturated heterocycles. The molecule has 1 amide bonds. The van der Waals surface area contributed by atoms with Crippen LogP contribution in [0.4, 0.5) is 5.82 Å². The Morgan fingerprint density at radius 3 is 2.42 bits per heavy atom. The molecular weight excluding hydrogens is 540 g/mol. The minimum atomic E-state index is 0.00736. The second kappa shape index (κ2) is 14.0. The molecular formula is C32H39ClN4O2S. The lowest BCUT2D eigenvalue weighted by molar-refractivity contribution is 0.0617. The monoisotopic (exact) mass is 578 g/mol. The number of carbonyl (C=O) groups excluding carboxylic acids is 1. The first-order valence-electron chi connectivity index (χ1n) is 13.9. The molecule has 1 fully saturated rings. The van der Waals surface area contributed by atoms with Crippen LogP contribution in [0, 0.1) is 0 Å². The van der Waals surface area contributed by atoms with E-state index in [1.54, 1.807) is 0 Å². The fourth-order valence-electron chi connectivity index (χ4n) is 5.23. The molecule has 2 aromatic heterocycles. The SMILES string of the molecule is CCOc1ccc(-c2ccc(N(C)C)nc2)cc1CN(C(=O)c1sc2ccccc2c1Cl)C1CCCCC1.CN. The van der Waals surface area contributed by atoms with Crippen molar-refractivity contribution >= 4 is 44.7 Å². The third-order valence-electron chi connectivity index (χ3n) is 7.25. The molecule has 4 aromatic rings. The second-order valence-electron chi connectivity index (χ2n) is 10.0. The second-order valence-corrected chi connectivity index (χ2v) is 11.5. The van der Waals surface area contributed by atoms with E-state index in [4.69, 9.17) is 16.3 Å². The lowest BCUT2D eigenvalue weighted by Gasteiger charge is -2.35. The normalized spacial score (nSPS) is 13.4. The summed E-state index contributed by atoms with van der Waals surface area (Å²) in [4.78, 5) is 23.4. The fourth-order valence-corrected chi connectivity index (χ4v) is 6.69. The maximum absolute atomic E-state index is 14.2. The van der Waals surface area contributed by atoms with Crippen molar-refractivity contribution in [3.8, 4) is 16.9 Å². The zero-order valence-electron chi connectivity index (χ0n) is 23.8. The van der Waals surface area contributed by atoms with Crippen LogP contribution in [0.5, 0.6) is 5.75 Å². The third-order valence-corrected chi connectivity index (χ3v) is 8.91. The standard InChI is InChI=1S/C31H34ClN3O2S.CH5N/c1-4-37-26-16-14-21(22-15-17-28(33-19-22)34(2)3)18-23(26)20-35(24-10-6-5-7-11-24)31(36)30-29(32)25-12-8-9-13-27(25)38-30;1-2/h8-9,12-19,24H,4-7,10-11,20H2,1-3H3;2H2,1H3. The number of pyridine rings is 1. The summed E-state index contributed by atoms with van der Waals surface area (Å²) in [7, 11) is 5.47. The summed E-state index contributed by atoms with van der Waals surface area (Å²) in [5.41, 5.74) is 7.58. The van der Waals surface area contributed by atoms with Crippen molar-refractivity contribution in [3.63, 3.8) is 0 Å². The van der Waals surface area contributed by atoms with Crippen LogP contribution in [0.25, 0.3) is 21.2 Å². The van der Waals surface area contributed by atoms with Crippen LogP contribution >= 0.6 is 22.9 Å². The maximum atomic E-state index is 14.2. The van der Waals surface area contributed by atoms with E-state index >= 15 is 0 Å². The summed E-state index contributed by atoms with van der Waals surface area (Å²) in [6.07, 6.45) is 7.41. The van der Waals surface area contributed by atoms with E-state index in [0.29, 0.717) is 23.1 Å². The van der Waals surface area contributed by atoms with Crippen molar-refractivity contribution in [2.75, 3.05) is 32.6 Å². The van der Waals surface area contributed by atoms with Gasteiger partial charge in [0.2, 0.25) is 0 Å². The zero-order chi connectivity index (χ0) is 28.6. The molecule has 212 valence electrons. The molecule has 6 nitrogen and oxygen atoms in total. The largest absolute Gasteiger partial charge is 0.494 e. The summed E-state index contributed by atoms with van der Waals surface area (Å²) in [5.74, 6) is 1.73. The van der Waals surface area contributed by atoms with Crippen molar-refractivity contribution in [2.24, 2.45) is 5.73 Å². The smallest absolute Gasteiger partial charge is 0.266 e. The summed E-state index contributed by atoms with van der Waals surface area (Å²) in [6, 6.07) is 18.5. The van der Waals surface area contributed by atoms with Crippen molar-refractivity contribution in [3.05, 3.63) is 76.3 Å². The van der Waals surface area contributed by atoms with Gasteiger partial charge in [-0.2, -0.15) is 0 Å². The van der Waals surface area contributed by atoms with Gasteiger partial charge in [0.05, 0.1) is 11.6 Å². The van der Waals surface area contributed by atoms with Crippen LogP contribution in [-0.4, -0.2) is 49.6 Å². The topological polar surface area (TPSA) is 71.7 Å². The molecule has 1 aliphatic carbocycles. The van der Waals surface area contributed by atoms with Crippen molar-refractivity contribution in [2.45, 2.75) is 51.6 Å². The van der Waals surface area contributed by atoms with Gasteiger partial charge in [-0.05, 0) is 62.7 Å². The lowest BCUT2D eigenvalue weighted by Crippen LogP contribution is -2.40. The molecule has 0 bridgehead atoms. The number of anilines is 1. The number of amides is 1. The first-order valence-corrected chi connectivity index (χ1v) is 15.1. The van der Waals surface area contributed by atoms with E-state index in [-0.39, 0.29) is 11.9 Å². The number of thiophene rings is 1. The van der Waals surface area contributed by atoms with Crippen LogP contribution in [0.2, 0.25) is 5.02 Å². The van der Waals surface area contributed by atoms with E-state index in [1.165, 1.54) is 24.8 Å². The van der Waals surface area contributed by atoms with Crippen molar-refractivity contribution in [1.82, 2.24) is 9.88 Å². The van der Waals surface area contributed by atoms with Crippen molar-refractivity contribution < 1.29 is 9.53 Å². The molecule has 8 heteroatoms. The predicted octanol–water partition coefficient (Wildman–Crippen LogP) is 7.63. The van der Waals surface area contributed by atoms with Gasteiger partial charge < -0.3 is 20.3 Å². The molecule has 0 spiro atoms. The number of ether oxygens (including phenoxy) is 1. The number of hydrogen-bond acceptors (Lipinski definition) is 6. The number of benzene rings is 2. The quantitative estimate of drug-likeness (QED) is 0.233. The third kappa shape index (κ3) is 6.60.